The number of aryl methyl sites for hydroxylation is 1. The zero-order valence-corrected chi connectivity index (χ0v) is 18.4. The van der Waals surface area contributed by atoms with Gasteiger partial charge in [-0.05, 0) is 50.2 Å². The van der Waals surface area contributed by atoms with Crippen LogP contribution in [0.25, 0.3) is 0 Å². The summed E-state index contributed by atoms with van der Waals surface area (Å²) < 4.78 is 13.0. The van der Waals surface area contributed by atoms with Crippen molar-refractivity contribution in [3.05, 3.63) is 53.2 Å². The summed E-state index contributed by atoms with van der Waals surface area (Å²) in [5.41, 5.74) is 3.47. The van der Waals surface area contributed by atoms with Crippen molar-refractivity contribution in [3.8, 4) is 5.75 Å². The van der Waals surface area contributed by atoms with Crippen molar-refractivity contribution in [2.24, 2.45) is 7.05 Å². The van der Waals surface area contributed by atoms with Crippen LogP contribution in [0, 0.1) is 0 Å². The number of aromatic nitrogens is 5. The molecule has 168 valence electrons. The number of methoxy groups -OCH3 is 1. The van der Waals surface area contributed by atoms with Crippen molar-refractivity contribution >= 4 is 11.7 Å². The fourth-order valence-electron chi connectivity index (χ4n) is 4.48. The van der Waals surface area contributed by atoms with Crippen molar-refractivity contribution in [1.29, 1.82) is 0 Å². The Hall–Kier alpha value is -3.20. The van der Waals surface area contributed by atoms with E-state index in [1.807, 2.05) is 18.5 Å². The van der Waals surface area contributed by atoms with Gasteiger partial charge in [0.15, 0.2) is 5.82 Å². The van der Waals surface area contributed by atoms with Gasteiger partial charge in [0, 0.05) is 43.6 Å². The zero-order valence-electron chi connectivity index (χ0n) is 18.4. The Bertz CT molecular complexity index is 1100. The SMILES string of the molecule is COCc1cc(C(=O)Nc2cc([C@H]3CC[C@@H](Oc4cnccc4C4CC4)C3)[nH]n2)n(C)n1. The Morgan fingerprint density at radius 2 is 2.09 bits per heavy atom. The van der Waals surface area contributed by atoms with E-state index in [-0.39, 0.29) is 12.0 Å². The van der Waals surface area contributed by atoms with E-state index in [1.54, 1.807) is 24.9 Å². The Labute approximate surface area is 186 Å². The van der Waals surface area contributed by atoms with E-state index >= 15 is 0 Å². The van der Waals surface area contributed by atoms with Gasteiger partial charge in [0.2, 0.25) is 0 Å². The van der Waals surface area contributed by atoms with Crippen LogP contribution >= 0.6 is 0 Å². The van der Waals surface area contributed by atoms with Gasteiger partial charge in [-0.25, -0.2) is 0 Å². The van der Waals surface area contributed by atoms with Crippen molar-refractivity contribution in [3.63, 3.8) is 0 Å². The molecular weight excluding hydrogens is 408 g/mol. The third-order valence-corrected chi connectivity index (χ3v) is 6.25. The Balaban J connectivity index is 1.20. The molecule has 5 rings (SSSR count). The van der Waals surface area contributed by atoms with Crippen molar-refractivity contribution < 1.29 is 14.3 Å². The number of aromatic amines is 1. The number of ether oxygens (including phenoxy) is 2. The van der Waals surface area contributed by atoms with Crippen LogP contribution in [0.3, 0.4) is 0 Å². The lowest BCUT2D eigenvalue weighted by molar-refractivity contribution is 0.101. The number of carbonyl (C=O) groups excluding carboxylic acids is 1. The van der Waals surface area contributed by atoms with Crippen LogP contribution in [0.5, 0.6) is 5.75 Å². The summed E-state index contributed by atoms with van der Waals surface area (Å²) in [4.78, 5) is 16.9. The molecule has 2 atom stereocenters. The van der Waals surface area contributed by atoms with Crippen molar-refractivity contribution in [2.45, 2.75) is 56.7 Å². The molecule has 0 aromatic carbocycles. The molecule has 0 unspecified atom stereocenters. The molecule has 32 heavy (non-hydrogen) atoms. The van der Waals surface area contributed by atoms with Gasteiger partial charge in [-0.2, -0.15) is 10.2 Å². The fraction of sp³-hybridized carbons (Fsp3) is 0.478. The second kappa shape index (κ2) is 8.74. The summed E-state index contributed by atoms with van der Waals surface area (Å²) in [5, 5.41) is 14.5. The first-order valence-corrected chi connectivity index (χ1v) is 11.1. The number of hydrogen-bond donors (Lipinski definition) is 2. The van der Waals surface area contributed by atoms with Crippen LogP contribution in [0.1, 0.15) is 71.4 Å². The molecule has 9 heteroatoms. The van der Waals surface area contributed by atoms with Crippen LogP contribution in [-0.4, -0.2) is 44.1 Å². The molecule has 0 saturated heterocycles. The Kier molecular flexibility index (Phi) is 5.65. The van der Waals surface area contributed by atoms with E-state index in [4.69, 9.17) is 9.47 Å². The third kappa shape index (κ3) is 4.38. The number of amides is 1. The molecule has 0 spiro atoms. The van der Waals surface area contributed by atoms with Gasteiger partial charge < -0.3 is 14.8 Å². The fourth-order valence-corrected chi connectivity index (χ4v) is 4.48. The van der Waals surface area contributed by atoms with E-state index in [2.05, 4.69) is 31.7 Å². The first-order valence-electron chi connectivity index (χ1n) is 11.1. The summed E-state index contributed by atoms with van der Waals surface area (Å²) >= 11 is 0. The summed E-state index contributed by atoms with van der Waals surface area (Å²) in [6.07, 6.45) is 9.26. The molecular formula is C23H28N6O3. The highest BCUT2D eigenvalue weighted by Crippen LogP contribution is 2.45. The summed E-state index contributed by atoms with van der Waals surface area (Å²) in [6, 6.07) is 5.72. The molecule has 3 aromatic heterocycles. The maximum atomic E-state index is 12.6. The van der Waals surface area contributed by atoms with E-state index in [1.165, 1.54) is 18.4 Å². The predicted octanol–water partition coefficient (Wildman–Crippen LogP) is 3.53. The van der Waals surface area contributed by atoms with Crippen LogP contribution in [0.2, 0.25) is 0 Å². The van der Waals surface area contributed by atoms with Crippen molar-refractivity contribution in [2.75, 3.05) is 12.4 Å². The molecule has 2 fully saturated rings. The van der Waals surface area contributed by atoms with E-state index in [0.717, 1.165) is 30.7 Å². The molecule has 0 bridgehead atoms. The van der Waals surface area contributed by atoms with Crippen LogP contribution in [-0.2, 0) is 18.4 Å². The maximum absolute atomic E-state index is 12.6. The quantitative estimate of drug-likeness (QED) is 0.559. The minimum atomic E-state index is -0.253. The van der Waals surface area contributed by atoms with Gasteiger partial charge in [0.25, 0.3) is 5.91 Å². The largest absolute Gasteiger partial charge is 0.488 e. The predicted molar refractivity (Wildman–Crippen MR) is 118 cm³/mol. The van der Waals surface area contributed by atoms with Crippen LogP contribution < -0.4 is 10.1 Å². The smallest absolute Gasteiger partial charge is 0.275 e. The molecule has 9 nitrogen and oxygen atoms in total. The monoisotopic (exact) mass is 436 g/mol. The Morgan fingerprint density at radius 1 is 1.25 bits per heavy atom. The summed E-state index contributed by atoms with van der Waals surface area (Å²) in [6.45, 7) is 0.361. The number of hydrogen-bond acceptors (Lipinski definition) is 6. The molecule has 0 radical (unpaired) electrons. The zero-order chi connectivity index (χ0) is 22.1. The minimum absolute atomic E-state index is 0.164. The second-order valence-electron chi connectivity index (χ2n) is 8.68. The van der Waals surface area contributed by atoms with E-state index in [9.17, 15) is 4.79 Å². The molecule has 0 aliphatic heterocycles. The molecule has 3 heterocycles. The van der Waals surface area contributed by atoms with Gasteiger partial charge in [0.05, 0.1) is 24.6 Å². The van der Waals surface area contributed by atoms with E-state index < -0.39 is 0 Å². The van der Waals surface area contributed by atoms with Crippen LogP contribution in [0.4, 0.5) is 5.82 Å². The molecule has 2 saturated carbocycles. The minimum Gasteiger partial charge on any atom is -0.488 e. The highest BCUT2D eigenvalue weighted by molar-refractivity contribution is 6.02. The number of nitrogens with zero attached hydrogens (tertiary/aromatic N) is 4. The van der Waals surface area contributed by atoms with Gasteiger partial charge in [0.1, 0.15) is 11.4 Å². The van der Waals surface area contributed by atoms with Gasteiger partial charge >= 0.3 is 0 Å². The lowest BCUT2D eigenvalue weighted by Crippen LogP contribution is -2.16. The summed E-state index contributed by atoms with van der Waals surface area (Å²) in [5.74, 6) is 2.14. The topological polar surface area (TPSA) is 107 Å². The summed E-state index contributed by atoms with van der Waals surface area (Å²) in [7, 11) is 3.33. The van der Waals surface area contributed by atoms with Crippen molar-refractivity contribution in [1.82, 2.24) is 25.0 Å². The number of H-pyrrole nitrogens is 1. The Morgan fingerprint density at radius 3 is 2.91 bits per heavy atom. The number of pyridine rings is 1. The molecule has 2 aliphatic rings. The molecule has 2 N–H and O–H groups in total. The van der Waals surface area contributed by atoms with Gasteiger partial charge in [-0.1, -0.05) is 0 Å². The number of rotatable bonds is 8. The van der Waals surface area contributed by atoms with Gasteiger partial charge in [-0.15, -0.1) is 0 Å². The average molecular weight is 437 g/mol. The third-order valence-electron chi connectivity index (χ3n) is 6.25. The highest BCUT2D eigenvalue weighted by Gasteiger charge is 2.32. The maximum Gasteiger partial charge on any atom is 0.275 e. The average Bonchev–Trinajstić information content (AvgIpc) is 3.15. The number of anilines is 1. The number of carbonyl (C=O) groups is 1. The lowest BCUT2D eigenvalue weighted by atomic mass is 10.0. The second-order valence-corrected chi connectivity index (χ2v) is 8.68. The highest BCUT2D eigenvalue weighted by atomic mass is 16.5. The van der Waals surface area contributed by atoms with Crippen LogP contribution in [0.15, 0.2) is 30.6 Å². The lowest BCUT2D eigenvalue weighted by Gasteiger charge is -2.16. The standard InChI is InChI=1S/C23H28N6O3/c1-29-20(10-16(28-29)13-31-2)23(30)25-22-11-19(26-27-22)15-5-6-17(9-15)32-21-12-24-8-7-18(21)14-3-4-14/h7-8,10-12,14-15,17H,3-6,9,13H2,1-2H3,(H2,25,26,27,30)/t15-,17+/m0/s1. The normalized spacial score (nSPS) is 20.4. The van der Waals surface area contributed by atoms with Gasteiger partial charge in [-0.3, -0.25) is 19.6 Å². The van der Waals surface area contributed by atoms with E-state index in [0.29, 0.717) is 35.6 Å². The molecule has 1 amide bonds. The number of nitrogens with one attached hydrogen (secondary N) is 2. The molecule has 3 aromatic rings. The molecule has 2 aliphatic carbocycles. The first-order chi connectivity index (χ1) is 15.6. The first kappa shape index (κ1) is 20.7.